The Labute approximate surface area is 143 Å². The molecule has 0 bridgehead atoms. The van der Waals surface area contributed by atoms with Gasteiger partial charge in [0.05, 0.1) is 21.7 Å². The first-order chi connectivity index (χ1) is 10.1. The lowest BCUT2D eigenvalue weighted by atomic mass is 10.1. The van der Waals surface area contributed by atoms with Crippen LogP contribution in [0.5, 0.6) is 5.75 Å². The fourth-order valence-corrected chi connectivity index (χ4v) is 2.80. The van der Waals surface area contributed by atoms with Crippen molar-refractivity contribution in [1.29, 1.82) is 0 Å². The standard InChI is InChI=1S/C17H25Cl3O/c1-2-3-4-5-6-7-8-9-10-11-21-17-13-15(19)14(18)12-16(17)20/h12-13H,2-11H2,1H3. The second-order valence-electron chi connectivity index (χ2n) is 5.37. The van der Waals surface area contributed by atoms with Crippen LogP contribution in [0.2, 0.25) is 15.1 Å². The van der Waals surface area contributed by atoms with Crippen molar-refractivity contribution in [2.24, 2.45) is 0 Å². The molecule has 0 heterocycles. The zero-order valence-electron chi connectivity index (χ0n) is 12.8. The highest BCUT2D eigenvalue weighted by atomic mass is 35.5. The van der Waals surface area contributed by atoms with Crippen LogP contribution in [0.4, 0.5) is 0 Å². The van der Waals surface area contributed by atoms with Gasteiger partial charge >= 0.3 is 0 Å². The van der Waals surface area contributed by atoms with E-state index in [2.05, 4.69) is 6.92 Å². The summed E-state index contributed by atoms with van der Waals surface area (Å²) in [4.78, 5) is 0. The Morgan fingerprint density at radius 2 is 1.24 bits per heavy atom. The van der Waals surface area contributed by atoms with Crippen molar-refractivity contribution in [3.05, 3.63) is 27.2 Å². The van der Waals surface area contributed by atoms with Crippen molar-refractivity contribution < 1.29 is 4.74 Å². The molecule has 0 atom stereocenters. The summed E-state index contributed by atoms with van der Waals surface area (Å²) < 4.78 is 5.66. The van der Waals surface area contributed by atoms with Crippen LogP contribution in [0.25, 0.3) is 0 Å². The number of halogens is 3. The molecule has 4 heteroatoms. The first-order valence-electron chi connectivity index (χ1n) is 7.92. The molecule has 1 rings (SSSR count). The molecule has 1 aromatic rings. The van der Waals surface area contributed by atoms with E-state index in [4.69, 9.17) is 39.5 Å². The number of ether oxygens (including phenoxy) is 1. The minimum atomic E-state index is 0.456. The van der Waals surface area contributed by atoms with Crippen molar-refractivity contribution in [2.45, 2.75) is 64.7 Å². The molecule has 0 aromatic heterocycles. The fraction of sp³-hybridized carbons (Fsp3) is 0.647. The zero-order chi connectivity index (χ0) is 15.5. The maximum Gasteiger partial charge on any atom is 0.139 e. The smallest absolute Gasteiger partial charge is 0.139 e. The van der Waals surface area contributed by atoms with Gasteiger partial charge in [0.25, 0.3) is 0 Å². The van der Waals surface area contributed by atoms with E-state index in [0.717, 1.165) is 6.42 Å². The monoisotopic (exact) mass is 350 g/mol. The third kappa shape index (κ3) is 8.18. The van der Waals surface area contributed by atoms with Gasteiger partial charge in [-0.05, 0) is 12.5 Å². The molecule has 0 aliphatic heterocycles. The zero-order valence-corrected chi connectivity index (χ0v) is 15.0. The van der Waals surface area contributed by atoms with Gasteiger partial charge in [-0.25, -0.2) is 0 Å². The maximum atomic E-state index is 6.06. The van der Waals surface area contributed by atoms with E-state index in [1.165, 1.54) is 51.4 Å². The Morgan fingerprint density at radius 3 is 1.86 bits per heavy atom. The largest absolute Gasteiger partial charge is 0.492 e. The number of unbranched alkanes of at least 4 members (excludes halogenated alkanes) is 8. The van der Waals surface area contributed by atoms with E-state index in [1.54, 1.807) is 12.1 Å². The fourth-order valence-electron chi connectivity index (χ4n) is 2.21. The van der Waals surface area contributed by atoms with E-state index in [9.17, 15) is 0 Å². The van der Waals surface area contributed by atoms with Crippen LogP contribution < -0.4 is 4.74 Å². The molecule has 0 unspecified atom stereocenters. The van der Waals surface area contributed by atoms with Gasteiger partial charge in [0.1, 0.15) is 5.75 Å². The average Bonchev–Trinajstić information content (AvgIpc) is 2.46. The Hall–Kier alpha value is -0.110. The van der Waals surface area contributed by atoms with Gasteiger partial charge in [-0.1, -0.05) is 93.1 Å². The van der Waals surface area contributed by atoms with Gasteiger partial charge in [-0.3, -0.25) is 0 Å². The predicted octanol–water partition coefficient (Wildman–Crippen LogP) is 7.56. The van der Waals surface area contributed by atoms with Crippen molar-refractivity contribution in [3.63, 3.8) is 0 Å². The summed E-state index contributed by atoms with van der Waals surface area (Å²) in [5.74, 6) is 0.616. The number of rotatable bonds is 11. The third-order valence-electron chi connectivity index (χ3n) is 3.48. The first-order valence-corrected chi connectivity index (χ1v) is 9.06. The number of hydrogen-bond acceptors (Lipinski definition) is 1. The summed E-state index contributed by atoms with van der Waals surface area (Å²) in [7, 11) is 0. The van der Waals surface area contributed by atoms with E-state index in [0.29, 0.717) is 27.4 Å². The molecule has 0 amide bonds. The summed E-state index contributed by atoms with van der Waals surface area (Å²) in [6.07, 6.45) is 11.7. The number of hydrogen-bond donors (Lipinski definition) is 0. The molecular weight excluding hydrogens is 327 g/mol. The molecule has 0 saturated heterocycles. The van der Waals surface area contributed by atoms with Crippen LogP contribution in [0, 0.1) is 0 Å². The highest BCUT2D eigenvalue weighted by molar-refractivity contribution is 6.43. The van der Waals surface area contributed by atoms with E-state index in [-0.39, 0.29) is 0 Å². The lowest BCUT2D eigenvalue weighted by molar-refractivity contribution is 0.304. The molecule has 0 N–H and O–H groups in total. The summed E-state index contributed by atoms with van der Waals surface area (Å²) >= 11 is 17.9. The maximum absolute atomic E-state index is 6.06. The summed E-state index contributed by atoms with van der Waals surface area (Å²) in [5.41, 5.74) is 0. The summed E-state index contributed by atoms with van der Waals surface area (Å²) in [5, 5.41) is 1.44. The number of benzene rings is 1. The molecule has 0 spiro atoms. The van der Waals surface area contributed by atoms with E-state index < -0.39 is 0 Å². The van der Waals surface area contributed by atoms with Crippen LogP contribution >= 0.6 is 34.8 Å². The molecule has 1 nitrogen and oxygen atoms in total. The minimum Gasteiger partial charge on any atom is -0.492 e. The molecule has 0 saturated carbocycles. The topological polar surface area (TPSA) is 9.23 Å². The third-order valence-corrected chi connectivity index (χ3v) is 4.50. The highest BCUT2D eigenvalue weighted by Gasteiger charge is 2.06. The van der Waals surface area contributed by atoms with Crippen molar-refractivity contribution >= 4 is 34.8 Å². The second-order valence-corrected chi connectivity index (χ2v) is 6.60. The second kappa shape index (κ2) is 11.5. The Morgan fingerprint density at radius 1 is 0.714 bits per heavy atom. The van der Waals surface area contributed by atoms with Crippen molar-refractivity contribution in [3.8, 4) is 5.75 Å². The van der Waals surface area contributed by atoms with E-state index >= 15 is 0 Å². The van der Waals surface area contributed by atoms with Gasteiger partial charge in [0.15, 0.2) is 0 Å². The molecule has 21 heavy (non-hydrogen) atoms. The highest BCUT2D eigenvalue weighted by Crippen LogP contribution is 2.33. The molecule has 0 fully saturated rings. The van der Waals surface area contributed by atoms with Crippen molar-refractivity contribution in [2.75, 3.05) is 6.61 Å². The molecular formula is C17H25Cl3O. The van der Waals surface area contributed by atoms with Crippen LogP contribution in [-0.2, 0) is 0 Å². The van der Waals surface area contributed by atoms with Crippen LogP contribution in [0.1, 0.15) is 64.7 Å². The van der Waals surface area contributed by atoms with Crippen molar-refractivity contribution in [1.82, 2.24) is 0 Å². The van der Waals surface area contributed by atoms with Gasteiger partial charge in [0.2, 0.25) is 0 Å². The Balaban J connectivity index is 2.05. The quantitative estimate of drug-likeness (QED) is 0.295. The lowest BCUT2D eigenvalue weighted by Crippen LogP contribution is -1.98. The lowest BCUT2D eigenvalue weighted by Gasteiger charge is -2.09. The Kier molecular flexibility index (Phi) is 10.3. The van der Waals surface area contributed by atoms with Gasteiger partial charge in [0, 0.05) is 6.07 Å². The first kappa shape index (κ1) is 18.9. The van der Waals surface area contributed by atoms with Gasteiger partial charge in [-0.15, -0.1) is 0 Å². The summed E-state index contributed by atoms with van der Waals surface area (Å²) in [6, 6.07) is 3.30. The molecule has 0 aliphatic carbocycles. The summed E-state index contributed by atoms with van der Waals surface area (Å²) in [6.45, 7) is 2.92. The predicted molar refractivity (Wildman–Crippen MR) is 94.2 cm³/mol. The van der Waals surface area contributed by atoms with Crippen LogP contribution in [0.3, 0.4) is 0 Å². The van der Waals surface area contributed by atoms with Crippen LogP contribution in [-0.4, -0.2) is 6.61 Å². The Bertz CT molecular complexity index is 407. The SMILES string of the molecule is CCCCCCCCCCCOc1cc(Cl)c(Cl)cc1Cl. The van der Waals surface area contributed by atoms with Gasteiger partial charge < -0.3 is 4.74 Å². The van der Waals surface area contributed by atoms with Crippen LogP contribution in [0.15, 0.2) is 12.1 Å². The average molecular weight is 352 g/mol. The molecule has 0 aliphatic rings. The van der Waals surface area contributed by atoms with Gasteiger partial charge in [-0.2, -0.15) is 0 Å². The molecule has 1 aromatic carbocycles. The van der Waals surface area contributed by atoms with E-state index in [1.807, 2.05) is 0 Å². The minimum absolute atomic E-state index is 0.456. The normalized spacial score (nSPS) is 10.9. The molecule has 0 radical (unpaired) electrons. The molecule has 120 valence electrons.